The highest BCUT2D eigenvalue weighted by Crippen LogP contribution is 2.13. The first-order chi connectivity index (χ1) is 16.7. The van der Waals surface area contributed by atoms with Crippen molar-refractivity contribution in [3.8, 4) is 0 Å². The average Bonchev–Trinajstić information content (AvgIpc) is 2.85. The van der Waals surface area contributed by atoms with Crippen LogP contribution in [0.15, 0.2) is 88.7 Å². The number of sulfonamides is 2. The lowest BCUT2D eigenvalue weighted by atomic mass is 10.1. The van der Waals surface area contributed by atoms with Crippen LogP contribution in [-0.4, -0.2) is 35.8 Å². The standard InChI is InChI=1S/C25H29N3O5S2/c1-20-7-12-23(13-8-20)34(30,31)27-18-17-26-25(29)16-11-21-9-14-24(15-10-21)35(32,33)28-19-22-5-3-2-4-6-22/h2-10,12-15,27-28H,11,16-19H2,1H3,(H,26,29). The summed E-state index contributed by atoms with van der Waals surface area (Å²) in [4.78, 5) is 12.4. The predicted molar refractivity (Wildman–Crippen MR) is 135 cm³/mol. The summed E-state index contributed by atoms with van der Waals surface area (Å²) in [5, 5.41) is 2.68. The van der Waals surface area contributed by atoms with Gasteiger partial charge in [0.1, 0.15) is 0 Å². The number of rotatable bonds is 12. The van der Waals surface area contributed by atoms with Crippen LogP contribution in [-0.2, 0) is 37.8 Å². The van der Waals surface area contributed by atoms with Crippen molar-refractivity contribution in [3.63, 3.8) is 0 Å². The van der Waals surface area contributed by atoms with E-state index >= 15 is 0 Å². The van der Waals surface area contributed by atoms with E-state index in [1.807, 2.05) is 37.3 Å². The molecule has 0 atom stereocenters. The quantitative estimate of drug-likeness (QED) is 0.320. The zero-order valence-corrected chi connectivity index (χ0v) is 21.0. The number of carbonyl (C=O) groups is 1. The fraction of sp³-hybridized carbons (Fsp3) is 0.240. The Bertz CT molecular complexity index is 1320. The molecule has 3 rings (SSSR count). The van der Waals surface area contributed by atoms with Crippen LogP contribution in [0.5, 0.6) is 0 Å². The Kier molecular flexibility index (Phi) is 9.16. The van der Waals surface area contributed by atoms with E-state index in [0.717, 1.165) is 16.7 Å². The maximum absolute atomic E-state index is 12.5. The van der Waals surface area contributed by atoms with E-state index in [4.69, 9.17) is 0 Å². The minimum absolute atomic E-state index is 0.0739. The van der Waals surface area contributed by atoms with Gasteiger partial charge in [-0.25, -0.2) is 26.3 Å². The minimum atomic E-state index is -3.64. The lowest BCUT2D eigenvalue weighted by molar-refractivity contribution is -0.121. The summed E-state index contributed by atoms with van der Waals surface area (Å²) in [5.41, 5.74) is 2.65. The van der Waals surface area contributed by atoms with Crippen LogP contribution in [0, 0.1) is 6.92 Å². The van der Waals surface area contributed by atoms with Crippen LogP contribution < -0.4 is 14.8 Å². The first kappa shape index (κ1) is 26.6. The summed E-state index contributed by atoms with van der Waals surface area (Å²) in [5.74, 6) is -0.222. The monoisotopic (exact) mass is 515 g/mol. The maximum Gasteiger partial charge on any atom is 0.240 e. The Hall–Kier alpha value is -3.05. The van der Waals surface area contributed by atoms with Crippen molar-refractivity contribution in [2.45, 2.75) is 36.1 Å². The van der Waals surface area contributed by atoms with Crippen molar-refractivity contribution in [2.75, 3.05) is 13.1 Å². The maximum atomic E-state index is 12.5. The molecular weight excluding hydrogens is 486 g/mol. The third-order valence-electron chi connectivity index (χ3n) is 5.25. The highest BCUT2D eigenvalue weighted by molar-refractivity contribution is 7.89. The lowest BCUT2D eigenvalue weighted by Crippen LogP contribution is -2.34. The van der Waals surface area contributed by atoms with Crippen LogP contribution >= 0.6 is 0 Å². The molecule has 186 valence electrons. The molecule has 1 amide bonds. The molecule has 0 aliphatic rings. The summed E-state index contributed by atoms with van der Waals surface area (Å²) in [6.45, 7) is 2.31. The zero-order chi connectivity index (χ0) is 25.3. The number of aryl methyl sites for hydroxylation is 2. The summed E-state index contributed by atoms with van der Waals surface area (Å²) < 4.78 is 54.5. The van der Waals surface area contributed by atoms with Crippen molar-refractivity contribution in [1.29, 1.82) is 0 Å². The zero-order valence-electron chi connectivity index (χ0n) is 19.4. The van der Waals surface area contributed by atoms with Gasteiger partial charge in [-0.05, 0) is 48.7 Å². The van der Waals surface area contributed by atoms with Crippen molar-refractivity contribution in [2.24, 2.45) is 0 Å². The van der Waals surface area contributed by atoms with Gasteiger partial charge in [0.15, 0.2) is 0 Å². The highest BCUT2D eigenvalue weighted by Gasteiger charge is 2.14. The molecule has 0 fully saturated rings. The molecule has 0 radical (unpaired) electrons. The van der Waals surface area contributed by atoms with Crippen molar-refractivity contribution < 1.29 is 21.6 Å². The first-order valence-electron chi connectivity index (χ1n) is 11.1. The molecule has 0 aliphatic carbocycles. The van der Waals surface area contributed by atoms with Gasteiger partial charge in [-0.15, -0.1) is 0 Å². The number of hydrogen-bond donors (Lipinski definition) is 3. The van der Waals surface area contributed by atoms with Crippen LogP contribution in [0.2, 0.25) is 0 Å². The van der Waals surface area contributed by atoms with Crippen molar-refractivity contribution >= 4 is 26.0 Å². The van der Waals surface area contributed by atoms with E-state index in [-0.39, 0.29) is 41.8 Å². The van der Waals surface area contributed by atoms with E-state index in [1.165, 1.54) is 24.3 Å². The SMILES string of the molecule is Cc1ccc(S(=O)(=O)NCCNC(=O)CCc2ccc(S(=O)(=O)NCc3ccccc3)cc2)cc1. The van der Waals surface area contributed by atoms with E-state index in [9.17, 15) is 21.6 Å². The molecule has 3 aromatic rings. The van der Waals surface area contributed by atoms with Crippen LogP contribution in [0.3, 0.4) is 0 Å². The second-order valence-electron chi connectivity index (χ2n) is 8.01. The normalized spacial score (nSPS) is 11.8. The number of carbonyl (C=O) groups excluding carboxylic acids is 1. The molecule has 0 bridgehead atoms. The molecular formula is C25H29N3O5S2. The van der Waals surface area contributed by atoms with Crippen LogP contribution in [0.25, 0.3) is 0 Å². The molecule has 0 spiro atoms. The van der Waals surface area contributed by atoms with Crippen LogP contribution in [0.1, 0.15) is 23.1 Å². The Morgan fingerprint density at radius 3 is 1.89 bits per heavy atom. The van der Waals surface area contributed by atoms with Crippen molar-refractivity contribution in [3.05, 3.63) is 95.6 Å². The Balaban J connectivity index is 1.40. The van der Waals surface area contributed by atoms with Gasteiger partial charge >= 0.3 is 0 Å². The summed E-state index contributed by atoms with van der Waals surface area (Å²) in [6.07, 6.45) is 0.627. The number of benzene rings is 3. The minimum Gasteiger partial charge on any atom is -0.355 e. The fourth-order valence-electron chi connectivity index (χ4n) is 3.23. The van der Waals surface area contributed by atoms with Gasteiger partial charge in [-0.3, -0.25) is 4.79 Å². The number of amides is 1. The van der Waals surface area contributed by atoms with Gasteiger partial charge in [0.2, 0.25) is 26.0 Å². The van der Waals surface area contributed by atoms with Gasteiger partial charge in [0.25, 0.3) is 0 Å². The fourth-order valence-corrected chi connectivity index (χ4v) is 5.28. The molecule has 0 aliphatic heterocycles. The predicted octanol–water partition coefficient (Wildman–Crippen LogP) is 2.50. The first-order valence-corrected chi connectivity index (χ1v) is 14.1. The summed E-state index contributed by atoms with van der Waals surface area (Å²) in [7, 11) is -7.26. The number of hydrogen-bond acceptors (Lipinski definition) is 5. The third kappa shape index (κ3) is 8.29. The molecule has 0 saturated heterocycles. The van der Waals surface area contributed by atoms with Gasteiger partial charge in [-0.2, -0.15) is 0 Å². The Morgan fingerprint density at radius 2 is 1.26 bits per heavy atom. The lowest BCUT2D eigenvalue weighted by Gasteiger charge is -2.09. The molecule has 0 unspecified atom stereocenters. The molecule has 0 heterocycles. The molecule has 8 nitrogen and oxygen atoms in total. The molecule has 0 aromatic heterocycles. The van der Waals surface area contributed by atoms with Gasteiger partial charge in [-0.1, -0.05) is 60.2 Å². The topological polar surface area (TPSA) is 121 Å². The Labute approximate surface area is 206 Å². The van der Waals surface area contributed by atoms with E-state index in [1.54, 1.807) is 24.3 Å². The largest absolute Gasteiger partial charge is 0.355 e. The summed E-state index contributed by atoms with van der Waals surface area (Å²) >= 11 is 0. The molecule has 3 N–H and O–H groups in total. The molecule has 10 heteroatoms. The second-order valence-corrected chi connectivity index (χ2v) is 11.5. The number of nitrogens with one attached hydrogen (secondary N) is 3. The van der Waals surface area contributed by atoms with Gasteiger partial charge in [0, 0.05) is 26.1 Å². The van der Waals surface area contributed by atoms with Crippen LogP contribution in [0.4, 0.5) is 0 Å². The van der Waals surface area contributed by atoms with E-state index in [0.29, 0.717) is 6.42 Å². The van der Waals surface area contributed by atoms with Crippen molar-refractivity contribution in [1.82, 2.24) is 14.8 Å². The highest BCUT2D eigenvalue weighted by atomic mass is 32.2. The average molecular weight is 516 g/mol. The molecule has 3 aromatic carbocycles. The van der Waals surface area contributed by atoms with Gasteiger partial charge in [0.05, 0.1) is 9.79 Å². The molecule has 35 heavy (non-hydrogen) atoms. The van der Waals surface area contributed by atoms with E-state index < -0.39 is 20.0 Å². The third-order valence-corrected chi connectivity index (χ3v) is 8.15. The van der Waals surface area contributed by atoms with E-state index in [2.05, 4.69) is 14.8 Å². The summed E-state index contributed by atoms with van der Waals surface area (Å²) in [6, 6.07) is 22.1. The Morgan fingerprint density at radius 1 is 0.686 bits per heavy atom. The van der Waals surface area contributed by atoms with Gasteiger partial charge < -0.3 is 5.32 Å². The smallest absolute Gasteiger partial charge is 0.240 e. The molecule has 0 saturated carbocycles. The second kappa shape index (κ2) is 12.1.